The summed E-state index contributed by atoms with van der Waals surface area (Å²) < 4.78 is -1.41. The fourth-order valence-electron chi connectivity index (χ4n) is 3.48. The highest BCUT2D eigenvalue weighted by Crippen LogP contribution is 2.79. The molecule has 8 heteroatoms. The van der Waals surface area contributed by atoms with E-state index in [1.54, 1.807) is 0 Å². The fourth-order valence-corrected chi connectivity index (χ4v) is 8.44. The first kappa shape index (κ1) is 15.3. The molecule has 0 radical (unpaired) electrons. The van der Waals surface area contributed by atoms with E-state index in [4.69, 9.17) is 69.6 Å². The standard InChI is InChI=1S/C10H6Br2Cl6/c11-3-1-2-4(5(3)12)9(16)7(14)6(13)8(2,15)10(9,17)18/h2-5H,1H2. The Morgan fingerprint density at radius 3 is 2.00 bits per heavy atom. The van der Waals surface area contributed by atoms with Crippen molar-refractivity contribution in [3.05, 3.63) is 10.1 Å². The lowest BCUT2D eigenvalue weighted by Crippen LogP contribution is -2.47. The molecule has 18 heavy (non-hydrogen) atoms. The molecule has 3 aliphatic rings. The average Bonchev–Trinajstić information content (AvgIpc) is 2.69. The predicted molar refractivity (Wildman–Crippen MR) is 87.4 cm³/mol. The van der Waals surface area contributed by atoms with Crippen LogP contribution in [-0.2, 0) is 0 Å². The predicted octanol–water partition coefficient (Wildman–Crippen LogP) is 6.00. The van der Waals surface area contributed by atoms with Crippen LogP contribution in [0.3, 0.4) is 0 Å². The Morgan fingerprint density at radius 2 is 1.44 bits per heavy atom. The smallest absolute Gasteiger partial charge is 0.109 e. The van der Waals surface area contributed by atoms with Crippen molar-refractivity contribution in [1.29, 1.82) is 0 Å². The first-order chi connectivity index (χ1) is 8.11. The summed E-state index contributed by atoms with van der Waals surface area (Å²) in [6, 6.07) is 0. The van der Waals surface area contributed by atoms with Gasteiger partial charge in [0.25, 0.3) is 0 Å². The van der Waals surface area contributed by atoms with Crippen molar-refractivity contribution >= 4 is 101 Å². The summed E-state index contributed by atoms with van der Waals surface area (Å²) in [5.41, 5.74) is 0. The van der Waals surface area contributed by atoms with Gasteiger partial charge in [0.1, 0.15) is 9.75 Å². The van der Waals surface area contributed by atoms with Gasteiger partial charge in [-0.3, -0.25) is 0 Å². The highest BCUT2D eigenvalue weighted by Gasteiger charge is 2.84. The molecule has 0 N–H and O–H groups in total. The Morgan fingerprint density at radius 1 is 0.944 bits per heavy atom. The van der Waals surface area contributed by atoms with Gasteiger partial charge >= 0.3 is 0 Å². The summed E-state index contributed by atoms with van der Waals surface area (Å²) in [7, 11) is 0. The molecule has 3 rings (SSSR count). The lowest BCUT2D eigenvalue weighted by molar-refractivity contribution is 0.389. The Bertz CT molecular complexity index is 465. The van der Waals surface area contributed by atoms with Crippen molar-refractivity contribution in [3.63, 3.8) is 0 Å². The van der Waals surface area contributed by atoms with Crippen molar-refractivity contribution in [2.24, 2.45) is 11.8 Å². The van der Waals surface area contributed by atoms with Crippen molar-refractivity contribution in [3.8, 4) is 0 Å². The van der Waals surface area contributed by atoms with Crippen molar-refractivity contribution in [2.75, 3.05) is 0 Å². The summed E-state index contributed by atoms with van der Waals surface area (Å²) in [4.78, 5) is -1.93. The number of halogens is 8. The maximum atomic E-state index is 6.71. The summed E-state index contributed by atoms with van der Waals surface area (Å²) in [5, 5.41) is 0.562. The van der Waals surface area contributed by atoms with Gasteiger partial charge in [0.15, 0.2) is 4.33 Å². The number of hydrogen-bond donors (Lipinski definition) is 0. The first-order valence-electron chi connectivity index (χ1n) is 5.21. The fraction of sp³-hybridized carbons (Fsp3) is 0.800. The second-order valence-electron chi connectivity index (χ2n) is 4.95. The van der Waals surface area contributed by atoms with Crippen LogP contribution < -0.4 is 0 Å². The number of alkyl halides is 6. The van der Waals surface area contributed by atoms with Gasteiger partial charge < -0.3 is 0 Å². The molecule has 2 bridgehead atoms. The zero-order valence-corrected chi connectivity index (χ0v) is 16.2. The van der Waals surface area contributed by atoms with Crippen molar-refractivity contribution < 1.29 is 0 Å². The van der Waals surface area contributed by atoms with Crippen LogP contribution in [0.25, 0.3) is 0 Å². The molecule has 0 amide bonds. The van der Waals surface area contributed by atoms with E-state index < -0.39 is 14.1 Å². The van der Waals surface area contributed by atoms with Gasteiger partial charge in [-0.05, 0) is 12.3 Å². The zero-order chi connectivity index (χ0) is 13.7. The van der Waals surface area contributed by atoms with E-state index in [1.807, 2.05) is 0 Å². The Kier molecular flexibility index (Phi) is 3.62. The Labute approximate surface area is 152 Å². The summed E-state index contributed by atoms with van der Waals surface area (Å²) >= 11 is 46.1. The van der Waals surface area contributed by atoms with E-state index in [0.717, 1.165) is 6.42 Å². The monoisotopic (exact) mass is 494 g/mol. The molecular formula is C10H6Br2Cl6. The molecule has 0 spiro atoms. The highest BCUT2D eigenvalue weighted by molar-refractivity contribution is 9.12. The lowest BCUT2D eigenvalue weighted by Gasteiger charge is -2.35. The molecule has 0 aromatic rings. The molecule has 2 saturated carbocycles. The topological polar surface area (TPSA) is 0 Å². The first-order valence-corrected chi connectivity index (χ1v) is 9.31. The summed E-state index contributed by atoms with van der Waals surface area (Å²) in [6.07, 6.45) is 0.792. The molecule has 0 nitrogen and oxygen atoms in total. The Balaban J connectivity index is 2.26. The molecule has 2 fully saturated rings. The lowest BCUT2D eigenvalue weighted by atomic mass is 9.85. The normalized spacial score (nSPS) is 57.3. The van der Waals surface area contributed by atoms with Crippen LogP contribution in [0.1, 0.15) is 6.42 Å². The molecule has 0 heterocycles. The zero-order valence-electron chi connectivity index (χ0n) is 8.54. The molecular weight excluding hydrogens is 493 g/mol. The molecule has 0 saturated heterocycles. The minimum atomic E-state index is -1.41. The van der Waals surface area contributed by atoms with E-state index >= 15 is 0 Å². The van der Waals surface area contributed by atoms with Crippen LogP contribution in [0, 0.1) is 11.8 Å². The molecule has 0 aliphatic heterocycles. The maximum Gasteiger partial charge on any atom is 0.166 e. The van der Waals surface area contributed by atoms with Crippen molar-refractivity contribution in [1.82, 2.24) is 0 Å². The van der Waals surface area contributed by atoms with Crippen LogP contribution in [0.15, 0.2) is 10.1 Å². The van der Waals surface area contributed by atoms with Gasteiger partial charge in [-0.1, -0.05) is 78.3 Å². The minimum absolute atomic E-state index is 0.0181. The van der Waals surface area contributed by atoms with E-state index in [0.29, 0.717) is 0 Å². The van der Waals surface area contributed by atoms with Crippen LogP contribution in [-0.4, -0.2) is 23.7 Å². The largest absolute Gasteiger partial charge is 0.166 e. The molecule has 0 aromatic heterocycles. The molecule has 102 valence electrons. The number of fused-ring (bicyclic) bond motifs is 5. The molecule has 6 unspecified atom stereocenters. The number of allylic oxidation sites excluding steroid dienone is 2. The van der Waals surface area contributed by atoms with E-state index in [-0.39, 0.29) is 31.6 Å². The molecule has 0 aromatic carbocycles. The summed E-state index contributed by atoms with van der Waals surface area (Å²) in [5.74, 6) is -0.0820. The van der Waals surface area contributed by atoms with Gasteiger partial charge in [0.2, 0.25) is 0 Å². The van der Waals surface area contributed by atoms with Crippen molar-refractivity contribution in [2.45, 2.75) is 30.2 Å². The third-order valence-electron chi connectivity index (χ3n) is 4.32. The average molecular weight is 499 g/mol. The minimum Gasteiger partial charge on any atom is -0.109 e. The van der Waals surface area contributed by atoms with Crippen LogP contribution in [0.5, 0.6) is 0 Å². The van der Waals surface area contributed by atoms with Crippen LogP contribution in [0.2, 0.25) is 0 Å². The number of rotatable bonds is 0. The summed E-state index contributed by atoms with van der Waals surface area (Å²) in [6.45, 7) is 0. The Hall–Kier alpha value is 2.44. The van der Waals surface area contributed by atoms with E-state index in [2.05, 4.69) is 31.9 Å². The maximum absolute atomic E-state index is 6.71. The molecule has 6 atom stereocenters. The van der Waals surface area contributed by atoms with Gasteiger partial charge in [-0.15, -0.1) is 23.2 Å². The van der Waals surface area contributed by atoms with Gasteiger partial charge in [0, 0.05) is 15.6 Å². The van der Waals surface area contributed by atoms with Gasteiger partial charge in [-0.25, -0.2) is 0 Å². The highest BCUT2D eigenvalue weighted by atomic mass is 79.9. The molecule has 3 aliphatic carbocycles. The second-order valence-corrected chi connectivity index (χ2v) is 10.5. The third-order valence-corrected chi connectivity index (χ3v) is 11.5. The third kappa shape index (κ3) is 1.35. The second kappa shape index (κ2) is 4.25. The van der Waals surface area contributed by atoms with E-state index in [1.165, 1.54) is 0 Å². The van der Waals surface area contributed by atoms with E-state index in [9.17, 15) is 0 Å². The van der Waals surface area contributed by atoms with Crippen LogP contribution >= 0.6 is 101 Å². The van der Waals surface area contributed by atoms with Gasteiger partial charge in [-0.2, -0.15) is 0 Å². The number of hydrogen-bond acceptors (Lipinski definition) is 0. The van der Waals surface area contributed by atoms with Gasteiger partial charge in [0.05, 0.1) is 10.1 Å². The SMILES string of the molecule is ClC1=C(Cl)C2(Cl)C3C(Br)C(Br)CC3C1(Cl)C2(Cl)Cl. The van der Waals surface area contributed by atoms with Crippen LogP contribution in [0.4, 0.5) is 0 Å². The quantitative estimate of drug-likeness (QED) is 0.360.